The van der Waals surface area contributed by atoms with E-state index in [-0.39, 0.29) is 12.0 Å². The van der Waals surface area contributed by atoms with Crippen molar-refractivity contribution in [3.8, 4) is 0 Å². The van der Waals surface area contributed by atoms with E-state index >= 15 is 0 Å². The van der Waals surface area contributed by atoms with Gasteiger partial charge in [0, 0.05) is 31.7 Å². The number of rotatable bonds is 3. The number of aliphatic carboxylic acids is 1. The van der Waals surface area contributed by atoms with Crippen LogP contribution in [-0.4, -0.2) is 60.0 Å². The zero-order chi connectivity index (χ0) is 10.9. The molecule has 5 heteroatoms. The Bertz CT molecular complexity index is 242. The molecule has 0 bridgehead atoms. The summed E-state index contributed by atoms with van der Waals surface area (Å²) in [5.74, 6) is -0.931. The third-order valence-corrected chi connectivity index (χ3v) is 3.53. The fourth-order valence-corrected chi connectivity index (χ4v) is 2.51. The number of hydrogen-bond acceptors (Lipinski definition) is 4. The summed E-state index contributed by atoms with van der Waals surface area (Å²) in [6.07, 6.45) is 2.03. The first-order valence-electron chi connectivity index (χ1n) is 5.32. The molecule has 2 aliphatic heterocycles. The zero-order valence-corrected chi connectivity index (χ0v) is 8.69. The lowest BCUT2D eigenvalue weighted by molar-refractivity contribution is -0.156. The summed E-state index contributed by atoms with van der Waals surface area (Å²) in [5.41, 5.74) is 0.265. The van der Waals surface area contributed by atoms with Gasteiger partial charge in [-0.05, 0) is 12.8 Å². The molecule has 5 nitrogen and oxygen atoms in total. The van der Waals surface area contributed by atoms with E-state index in [1.165, 1.54) is 0 Å². The van der Waals surface area contributed by atoms with Crippen LogP contribution in [0.3, 0.4) is 0 Å². The van der Waals surface area contributed by atoms with Crippen molar-refractivity contribution in [3.63, 3.8) is 0 Å². The lowest BCUT2D eigenvalue weighted by Crippen LogP contribution is -2.63. The van der Waals surface area contributed by atoms with Crippen molar-refractivity contribution in [2.24, 2.45) is 5.41 Å². The molecule has 0 aromatic heterocycles. The molecule has 0 saturated carbocycles. The van der Waals surface area contributed by atoms with Gasteiger partial charge in [0.05, 0.1) is 6.61 Å². The molecule has 0 aromatic rings. The van der Waals surface area contributed by atoms with Crippen LogP contribution in [0.4, 0.5) is 0 Å². The van der Waals surface area contributed by atoms with Crippen LogP contribution >= 0.6 is 0 Å². The SMILES string of the molecule is O=C(O)C(CO)N1CC2(CCOCC2)C1. The first-order valence-corrected chi connectivity index (χ1v) is 5.32. The molecule has 1 unspecified atom stereocenters. The Kier molecular flexibility index (Phi) is 2.95. The van der Waals surface area contributed by atoms with E-state index in [2.05, 4.69) is 0 Å². The van der Waals surface area contributed by atoms with Gasteiger partial charge in [-0.2, -0.15) is 0 Å². The molecule has 86 valence electrons. The van der Waals surface area contributed by atoms with Gasteiger partial charge in [0.25, 0.3) is 0 Å². The molecule has 2 saturated heterocycles. The number of aliphatic hydroxyl groups is 1. The first kappa shape index (κ1) is 10.9. The number of carboxylic acids is 1. The predicted molar refractivity (Wildman–Crippen MR) is 52.6 cm³/mol. The van der Waals surface area contributed by atoms with Crippen LogP contribution in [0.15, 0.2) is 0 Å². The van der Waals surface area contributed by atoms with E-state index in [1.54, 1.807) is 0 Å². The third kappa shape index (κ3) is 2.00. The minimum atomic E-state index is -0.931. The van der Waals surface area contributed by atoms with E-state index in [1.807, 2.05) is 4.90 Å². The lowest BCUT2D eigenvalue weighted by Gasteiger charge is -2.53. The molecule has 15 heavy (non-hydrogen) atoms. The highest BCUT2D eigenvalue weighted by Crippen LogP contribution is 2.40. The maximum Gasteiger partial charge on any atom is 0.323 e. The van der Waals surface area contributed by atoms with Gasteiger partial charge in [-0.1, -0.05) is 0 Å². The van der Waals surface area contributed by atoms with Crippen molar-refractivity contribution in [3.05, 3.63) is 0 Å². The van der Waals surface area contributed by atoms with E-state index < -0.39 is 12.0 Å². The Balaban J connectivity index is 1.88. The van der Waals surface area contributed by atoms with Gasteiger partial charge in [-0.3, -0.25) is 9.69 Å². The summed E-state index contributed by atoms with van der Waals surface area (Å²) in [4.78, 5) is 12.7. The van der Waals surface area contributed by atoms with Crippen LogP contribution in [0, 0.1) is 5.41 Å². The number of hydrogen-bond donors (Lipinski definition) is 2. The molecule has 0 aromatic carbocycles. The third-order valence-electron chi connectivity index (χ3n) is 3.53. The average molecular weight is 215 g/mol. The summed E-state index contributed by atoms with van der Waals surface area (Å²) in [6.45, 7) is 2.83. The second kappa shape index (κ2) is 4.08. The molecule has 2 heterocycles. The van der Waals surface area contributed by atoms with E-state index in [0.29, 0.717) is 0 Å². The molecule has 1 atom stereocenters. The van der Waals surface area contributed by atoms with Crippen LogP contribution in [0.25, 0.3) is 0 Å². The van der Waals surface area contributed by atoms with Crippen molar-refractivity contribution in [1.29, 1.82) is 0 Å². The van der Waals surface area contributed by atoms with Gasteiger partial charge in [0.15, 0.2) is 0 Å². The quantitative estimate of drug-likeness (QED) is 0.667. The predicted octanol–water partition coefficient (Wildman–Crippen LogP) is -0.456. The molecule has 2 rings (SSSR count). The van der Waals surface area contributed by atoms with Crippen LogP contribution in [0.2, 0.25) is 0 Å². The molecule has 1 spiro atoms. The first-order chi connectivity index (χ1) is 7.17. The Morgan fingerprint density at radius 2 is 2.00 bits per heavy atom. The maximum atomic E-state index is 10.8. The summed E-state index contributed by atoms with van der Waals surface area (Å²) in [6, 6.07) is -0.724. The average Bonchev–Trinajstić information content (AvgIpc) is 2.17. The second-order valence-corrected chi connectivity index (χ2v) is 4.55. The Hall–Kier alpha value is -0.650. The minimum absolute atomic E-state index is 0.265. The Morgan fingerprint density at radius 1 is 1.40 bits per heavy atom. The van der Waals surface area contributed by atoms with Gasteiger partial charge in [0.2, 0.25) is 0 Å². The van der Waals surface area contributed by atoms with Crippen molar-refractivity contribution in [2.75, 3.05) is 32.9 Å². The number of aliphatic hydroxyl groups excluding tert-OH is 1. The van der Waals surface area contributed by atoms with Crippen molar-refractivity contribution >= 4 is 5.97 Å². The summed E-state index contributed by atoms with van der Waals surface area (Å²) < 4.78 is 5.29. The fourth-order valence-electron chi connectivity index (χ4n) is 2.51. The highest BCUT2D eigenvalue weighted by molar-refractivity contribution is 5.73. The van der Waals surface area contributed by atoms with Gasteiger partial charge < -0.3 is 14.9 Å². The Morgan fingerprint density at radius 3 is 2.47 bits per heavy atom. The van der Waals surface area contributed by atoms with E-state index in [9.17, 15) is 4.79 Å². The highest BCUT2D eigenvalue weighted by atomic mass is 16.5. The number of carbonyl (C=O) groups is 1. The van der Waals surface area contributed by atoms with Crippen molar-refractivity contribution in [2.45, 2.75) is 18.9 Å². The van der Waals surface area contributed by atoms with Gasteiger partial charge in [-0.25, -0.2) is 0 Å². The second-order valence-electron chi connectivity index (χ2n) is 4.55. The topological polar surface area (TPSA) is 70.0 Å². The summed E-state index contributed by atoms with van der Waals surface area (Å²) in [7, 11) is 0. The number of likely N-dealkylation sites (tertiary alicyclic amines) is 1. The standard InChI is InChI=1S/C10H17NO4/c12-5-8(9(13)14)11-6-10(7-11)1-3-15-4-2-10/h8,12H,1-7H2,(H,13,14). The molecule has 2 aliphatic rings. The van der Waals surface area contributed by atoms with Crippen molar-refractivity contribution < 1.29 is 19.7 Å². The summed E-state index contributed by atoms with van der Waals surface area (Å²) in [5, 5.41) is 17.8. The minimum Gasteiger partial charge on any atom is -0.480 e. The lowest BCUT2D eigenvalue weighted by atomic mass is 9.73. The van der Waals surface area contributed by atoms with E-state index in [4.69, 9.17) is 14.9 Å². The normalized spacial score (nSPS) is 27.3. The summed E-state index contributed by atoms with van der Waals surface area (Å²) >= 11 is 0. The van der Waals surface area contributed by atoms with Gasteiger partial charge in [0.1, 0.15) is 6.04 Å². The van der Waals surface area contributed by atoms with Crippen LogP contribution < -0.4 is 0 Å². The zero-order valence-electron chi connectivity index (χ0n) is 8.69. The number of carboxylic acid groups (broad SMARTS) is 1. The molecule has 0 aliphatic carbocycles. The number of nitrogens with zero attached hydrogens (tertiary/aromatic N) is 1. The largest absolute Gasteiger partial charge is 0.480 e. The molecule has 2 N–H and O–H groups in total. The highest BCUT2D eigenvalue weighted by Gasteiger charge is 2.47. The molecular formula is C10H17NO4. The van der Waals surface area contributed by atoms with E-state index in [0.717, 1.165) is 39.1 Å². The van der Waals surface area contributed by atoms with Crippen LogP contribution in [0.1, 0.15) is 12.8 Å². The smallest absolute Gasteiger partial charge is 0.323 e. The molecule has 0 amide bonds. The van der Waals surface area contributed by atoms with Gasteiger partial charge in [-0.15, -0.1) is 0 Å². The monoisotopic (exact) mass is 215 g/mol. The molecular weight excluding hydrogens is 198 g/mol. The molecule has 2 fully saturated rings. The van der Waals surface area contributed by atoms with Crippen LogP contribution in [-0.2, 0) is 9.53 Å². The maximum absolute atomic E-state index is 10.8. The number of ether oxygens (including phenoxy) is 1. The fraction of sp³-hybridized carbons (Fsp3) is 0.900. The van der Waals surface area contributed by atoms with Crippen molar-refractivity contribution in [1.82, 2.24) is 4.90 Å². The van der Waals surface area contributed by atoms with Crippen LogP contribution in [0.5, 0.6) is 0 Å². The Labute approximate surface area is 88.6 Å². The van der Waals surface area contributed by atoms with Gasteiger partial charge >= 0.3 is 5.97 Å². The molecule has 0 radical (unpaired) electrons.